The molecule has 1 aliphatic rings. The van der Waals surface area contributed by atoms with Crippen molar-refractivity contribution < 1.29 is 14.3 Å². The van der Waals surface area contributed by atoms with Crippen molar-refractivity contribution >= 4 is 23.6 Å². The van der Waals surface area contributed by atoms with Gasteiger partial charge in [-0.05, 0) is 31.9 Å². The van der Waals surface area contributed by atoms with Gasteiger partial charge in [0.2, 0.25) is 11.8 Å². The maximum Gasteiger partial charge on any atom is 0.248 e. The summed E-state index contributed by atoms with van der Waals surface area (Å²) in [6, 6.07) is 8.43. The Morgan fingerprint density at radius 2 is 2.04 bits per heavy atom. The summed E-state index contributed by atoms with van der Waals surface area (Å²) in [4.78, 5) is 29.4. The molecule has 25 heavy (non-hydrogen) atoms. The van der Waals surface area contributed by atoms with Gasteiger partial charge in [-0.3, -0.25) is 9.59 Å². The van der Waals surface area contributed by atoms with Crippen LogP contribution >= 0.6 is 11.8 Å². The largest absolute Gasteiger partial charge is 0.375 e. The van der Waals surface area contributed by atoms with Crippen molar-refractivity contribution in [3.8, 4) is 0 Å². The zero-order valence-corrected chi connectivity index (χ0v) is 16.2. The number of carbonyl (C=O) groups is 2. The molecule has 1 atom stereocenters. The molecular weight excluding hydrogens is 336 g/mol. The molecule has 5 nitrogen and oxygen atoms in total. The Bertz CT molecular complexity index is 577. The van der Waals surface area contributed by atoms with Crippen LogP contribution < -0.4 is 0 Å². The van der Waals surface area contributed by atoms with E-state index in [9.17, 15) is 9.59 Å². The summed E-state index contributed by atoms with van der Waals surface area (Å²) in [5.74, 6) is 0.880. The normalized spacial score (nSPS) is 17.4. The minimum Gasteiger partial charge on any atom is -0.375 e. The first-order valence-electron chi connectivity index (χ1n) is 8.72. The monoisotopic (exact) mass is 364 g/mol. The lowest BCUT2D eigenvalue weighted by Gasteiger charge is -2.33. The average Bonchev–Trinajstić information content (AvgIpc) is 2.63. The van der Waals surface area contributed by atoms with Crippen LogP contribution in [0.2, 0.25) is 0 Å². The van der Waals surface area contributed by atoms with Crippen LogP contribution in [-0.4, -0.2) is 67.8 Å². The Balaban J connectivity index is 1.78. The summed E-state index contributed by atoms with van der Waals surface area (Å²) < 4.78 is 4.91. The van der Waals surface area contributed by atoms with E-state index in [0.29, 0.717) is 13.1 Å². The number of piperidine rings is 1. The molecule has 2 rings (SSSR count). The van der Waals surface area contributed by atoms with Crippen LogP contribution in [0.5, 0.6) is 0 Å². The van der Waals surface area contributed by atoms with Gasteiger partial charge in [0.05, 0.1) is 5.92 Å². The molecule has 138 valence electrons. The van der Waals surface area contributed by atoms with E-state index in [4.69, 9.17) is 4.74 Å². The van der Waals surface area contributed by atoms with Gasteiger partial charge in [0.15, 0.2) is 0 Å². The average molecular weight is 365 g/mol. The van der Waals surface area contributed by atoms with Crippen LogP contribution in [-0.2, 0) is 14.3 Å². The lowest BCUT2D eigenvalue weighted by atomic mass is 9.96. The first-order valence-corrected chi connectivity index (χ1v) is 9.71. The first kappa shape index (κ1) is 19.8. The van der Waals surface area contributed by atoms with Gasteiger partial charge >= 0.3 is 0 Å². The summed E-state index contributed by atoms with van der Waals surface area (Å²) in [6.07, 6.45) is 1.73. The molecule has 0 radical (unpaired) electrons. The van der Waals surface area contributed by atoms with Crippen molar-refractivity contribution in [3.05, 3.63) is 29.8 Å². The summed E-state index contributed by atoms with van der Waals surface area (Å²) in [6.45, 7) is 4.10. The van der Waals surface area contributed by atoms with Crippen LogP contribution in [0.3, 0.4) is 0 Å². The van der Waals surface area contributed by atoms with Gasteiger partial charge in [-0.15, -0.1) is 11.8 Å². The maximum absolute atomic E-state index is 12.7. The first-order chi connectivity index (χ1) is 12.0. The van der Waals surface area contributed by atoms with Crippen molar-refractivity contribution in [2.75, 3.05) is 46.2 Å². The molecule has 1 fully saturated rings. The summed E-state index contributed by atoms with van der Waals surface area (Å²) in [7, 11) is 3.37. The second kappa shape index (κ2) is 9.82. The number of benzene rings is 1. The number of ether oxygens (including phenoxy) is 1. The molecule has 0 N–H and O–H groups in total. The second-order valence-electron chi connectivity index (χ2n) is 6.53. The molecule has 0 spiro atoms. The minimum absolute atomic E-state index is 0.0300. The summed E-state index contributed by atoms with van der Waals surface area (Å²) in [5, 5.41) is 0. The second-order valence-corrected chi connectivity index (χ2v) is 7.70. The van der Waals surface area contributed by atoms with Crippen LogP contribution in [0, 0.1) is 12.8 Å². The van der Waals surface area contributed by atoms with Crippen molar-refractivity contribution in [2.45, 2.75) is 24.7 Å². The van der Waals surface area contributed by atoms with Gasteiger partial charge in [-0.2, -0.15) is 0 Å². The highest BCUT2D eigenvalue weighted by Gasteiger charge is 2.29. The van der Waals surface area contributed by atoms with Crippen LogP contribution in [0.1, 0.15) is 18.4 Å². The number of carbonyl (C=O) groups excluding carboxylic acids is 2. The van der Waals surface area contributed by atoms with Crippen molar-refractivity contribution in [1.82, 2.24) is 9.80 Å². The fraction of sp³-hybridized carbons (Fsp3) is 0.579. The number of methoxy groups -OCH3 is 1. The van der Waals surface area contributed by atoms with Crippen molar-refractivity contribution in [3.63, 3.8) is 0 Å². The zero-order chi connectivity index (χ0) is 18.2. The molecule has 1 saturated heterocycles. The smallest absolute Gasteiger partial charge is 0.248 e. The molecule has 2 amide bonds. The minimum atomic E-state index is -0.0936. The van der Waals surface area contributed by atoms with Gasteiger partial charge in [-0.1, -0.05) is 17.7 Å². The standard InChI is InChI=1S/C19H28N2O3S/c1-15-6-8-17(9-7-15)25-12-11-20(2)19(23)16-5-4-10-21(13-16)18(22)14-24-3/h6-9,16H,4-5,10-14H2,1-3H3. The molecule has 1 heterocycles. The number of hydrogen-bond donors (Lipinski definition) is 0. The Morgan fingerprint density at radius 1 is 1.32 bits per heavy atom. The third-order valence-corrected chi connectivity index (χ3v) is 5.48. The Morgan fingerprint density at radius 3 is 2.72 bits per heavy atom. The SMILES string of the molecule is COCC(=O)N1CCCC(C(=O)N(C)CCSc2ccc(C)cc2)C1. The van der Waals surface area contributed by atoms with E-state index in [1.807, 2.05) is 7.05 Å². The molecular formula is C19H28N2O3S. The predicted octanol–water partition coefficient (Wildman–Crippen LogP) is 2.43. The molecule has 0 bridgehead atoms. The molecule has 1 aliphatic heterocycles. The van der Waals surface area contributed by atoms with E-state index >= 15 is 0 Å². The van der Waals surface area contributed by atoms with E-state index in [1.54, 1.807) is 21.6 Å². The van der Waals surface area contributed by atoms with E-state index in [0.717, 1.165) is 25.1 Å². The number of hydrogen-bond acceptors (Lipinski definition) is 4. The number of likely N-dealkylation sites (tertiary alicyclic amines) is 1. The zero-order valence-electron chi connectivity index (χ0n) is 15.4. The number of nitrogens with zero attached hydrogens (tertiary/aromatic N) is 2. The van der Waals surface area contributed by atoms with E-state index in [2.05, 4.69) is 31.2 Å². The predicted molar refractivity (Wildman–Crippen MR) is 101 cm³/mol. The molecule has 1 unspecified atom stereocenters. The summed E-state index contributed by atoms with van der Waals surface area (Å²) >= 11 is 1.76. The van der Waals surface area contributed by atoms with E-state index < -0.39 is 0 Å². The van der Waals surface area contributed by atoms with Gasteiger partial charge in [-0.25, -0.2) is 0 Å². The third kappa shape index (κ3) is 6.04. The number of rotatable bonds is 7. The molecule has 0 aliphatic carbocycles. The molecule has 1 aromatic carbocycles. The molecule has 0 saturated carbocycles. The number of aryl methyl sites for hydroxylation is 1. The highest BCUT2D eigenvalue weighted by atomic mass is 32.2. The highest BCUT2D eigenvalue weighted by molar-refractivity contribution is 7.99. The van der Waals surface area contributed by atoms with Crippen LogP contribution in [0.4, 0.5) is 0 Å². The quantitative estimate of drug-likeness (QED) is 0.697. The molecule has 6 heteroatoms. The Labute approximate surface area is 154 Å². The fourth-order valence-corrected chi connectivity index (χ4v) is 3.91. The van der Waals surface area contributed by atoms with Gasteiger partial charge in [0.25, 0.3) is 0 Å². The van der Waals surface area contributed by atoms with E-state index in [-0.39, 0.29) is 24.3 Å². The van der Waals surface area contributed by atoms with Gasteiger partial charge < -0.3 is 14.5 Å². The summed E-state index contributed by atoms with van der Waals surface area (Å²) in [5.41, 5.74) is 1.25. The number of thioether (sulfide) groups is 1. The molecule has 1 aromatic rings. The van der Waals surface area contributed by atoms with Crippen molar-refractivity contribution in [1.29, 1.82) is 0 Å². The fourth-order valence-electron chi connectivity index (χ4n) is 2.98. The van der Waals surface area contributed by atoms with Gasteiger partial charge in [0.1, 0.15) is 6.61 Å². The highest BCUT2D eigenvalue weighted by Crippen LogP contribution is 2.21. The lowest BCUT2D eigenvalue weighted by Crippen LogP contribution is -2.47. The van der Waals surface area contributed by atoms with Crippen molar-refractivity contribution in [2.24, 2.45) is 5.92 Å². The number of amides is 2. The van der Waals surface area contributed by atoms with Gasteiger partial charge in [0, 0.05) is 44.4 Å². The third-order valence-electron chi connectivity index (χ3n) is 4.48. The van der Waals surface area contributed by atoms with Crippen LogP contribution in [0.15, 0.2) is 29.2 Å². The molecule has 0 aromatic heterocycles. The Kier molecular flexibility index (Phi) is 7.78. The van der Waals surface area contributed by atoms with E-state index in [1.165, 1.54) is 17.6 Å². The topological polar surface area (TPSA) is 49.9 Å². The lowest BCUT2D eigenvalue weighted by molar-refractivity contribution is -0.141. The maximum atomic E-state index is 12.7. The van der Waals surface area contributed by atoms with Crippen LogP contribution in [0.25, 0.3) is 0 Å². The Hall–Kier alpha value is -1.53.